The van der Waals surface area contributed by atoms with Crippen LogP contribution in [-0.2, 0) is 13.1 Å². The van der Waals surface area contributed by atoms with Crippen LogP contribution in [0.4, 0.5) is 10.5 Å². The number of fused-ring (bicyclic) bond motifs is 1. The lowest BCUT2D eigenvalue weighted by Gasteiger charge is -2.18. The molecule has 1 heterocycles. The van der Waals surface area contributed by atoms with E-state index in [1.54, 1.807) is 56.4 Å². The van der Waals surface area contributed by atoms with Crippen LogP contribution in [0.15, 0.2) is 42.5 Å². The number of halogens is 1. The largest absolute Gasteiger partial charge is 0.345 e. The number of rotatable bonds is 5. The smallest absolute Gasteiger partial charge is 0.322 e. The molecule has 0 unspecified atom stereocenters. The average molecular weight is 414 g/mol. The van der Waals surface area contributed by atoms with Crippen molar-refractivity contribution in [3.63, 3.8) is 0 Å². The number of aryl methyl sites for hydroxylation is 1. The molecule has 0 saturated heterocycles. The Kier molecular flexibility index (Phi) is 6.08. The minimum absolute atomic E-state index is 0.0734. The molecule has 0 radical (unpaired) electrons. The number of aromatic nitrogens is 2. The van der Waals surface area contributed by atoms with Crippen LogP contribution in [0, 0.1) is 0 Å². The molecule has 0 saturated carbocycles. The summed E-state index contributed by atoms with van der Waals surface area (Å²) < 4.78 is 2.04. The van der Waals surface area contributed by atoms with Crippen molar-refractivity contribution in [3.8, 4) is 0 Å². The van der Waals surface area contributed by atoms with Gasteiger partial charge in [0.15, 0.2) is 0 Å². The molecule has 0 fully saturated rings. The molecule has 0 aliphatic rings. The first kappa shape index (κ1) is 20.7. The van der Waals surface area contributed by atoms with Crippen molar-refractivity contribution in [3.05, 3.63) is 58.9 Å². The second-order valence-corrected chi connectivity index (χ2v) is 7.35. The summed E-state index contributed by atoms with van der Waals surface area (Å²) >= 11 is 6.12. The van der Waals surface area contributed by atoms with Crippen molar-refractivity contribution in [2.45, 2.75) is 20.0 Å². The van der Waals surface area contributed by atoms with Crippen molar-refractivity contribution in [1.29, 1.82) is 0 Å². The third-order valence-electron chi connectivity index (χ3n) is 4.64. The number of benzene rings is 2. The Hall–Kier alpha value is -3.06. The van der Waals surface area contributed by atoms with Crippen LogP contribution in [0.3, 0.4) is 0 Å². The number of amides is 3. The predicted molar refractivity (Wildman–Crippen MR) is 115 cm³/mol. The number of nitrogens with zero attached hydrogens (tertiary/aromatic N) is 4. The Morgan fingerprint density at radius 3 is 2.52 bits per heavy atom. The third kappa shape index (κ3) is 4.35. The van der Waals surface area contributed by atoms with Gasteiger partial charge in [-0.1, -0.05) is 23.7 Å². The summed E-state index contributed by atoms with van der Waals surface area (Å²) in [5.74, 6) is 0.671. The van der Waals surface area contributed by atoms with Crippen LogP contribution >= 0.6 is 11.6 Å². The van der Waals surface area contributed by atoms with Gasteiger partial charge < -0.3 is 19.7 Å². The summed E-state index contributed by atoms with van der Waals surface area (Å²) in [5.41, 5.74) is 2.80. The highest BCUT2D eigenvalue weighted by atomic mass is 35.5. The van der Waals surface area contributed by atoms with Gasteiger partial charge in [-0.05, 0) is 37.3 Å². The van der Waals surface area contributed by atoms with Crippen LogP contribution in [0.25, 0.3) is 11.0 Å². The Morgan fingerprint density at radius 2 is 1.86 bits per heavy atom. The zero-order valence-electron chi connectivity index (χ0n) is 16.9. The SMILES string of the molecule is CCn1c(CN(C)C(=O)Nc2ccccc2Cl)nc2cc(C(=O)N(C)C)ccc21. The number of carbonyl (C=O) groups excluding carboxylic acids is 2. The van der Waals surface area contributed by atoms with Crippen LogP contribution in [0.2, 0.25) is 5.02 Å². The summed E-state index contributed by atoms with van der Waals surface area (Å²) in [7, 11) is 5.14. The van der Waals surface area contributed by atoms with Crippen LogP contribution in [0.5, 0.6) is 0 Å². The maximum Gasteiger partial charge on any atom is 0.322 e. The summed E-state index contributed by atoms with van der Waals surface area (Å²) in [6.45, 7) is 3.04. The standard InChI is InChI=1S/C21H24ClN5O2/c1-5-27-18-11-10-14(20(28)25(2)3)12-17(18)23-19(27)13-26(4)21(29)24-16-9-7-6-8-15(16)22/h6-12H,5,13H2,1-4H3,(H,24,29). The maximum atomic E-state index is 12.6. The van der Waals surface area contributed by atoms with E-state index in [0.29, 0.717) is 29.4 Å². The van der Waals surface area contributed by atoms with Gasteiger partial charge in [0.05, 0.1) is 28.3 Å². The van der Waals surface area contributed by atoms with Crippen molar-refractivity contribution in [2.24, 2.45) is 0 Å². The average Bonchev–Trinajstić information content (AvgIpc) is 3.04. The molecule has 3 aromatic rings. The molecular weight excluding hydrogens is 390 g/mol. The van der Waals surface area contributed by atoms with E-state index >= 15 is 0 Å². The van der Waals surface area contributed by atoms with E-state index < -0.39 is 0 Å². The first-order valence-corrected chi connectivity index (χ1v) is 9.67. The fraction of sp³-hybridized carbons (Fsp3) is 0.286. The van der Waals surface area contributed by atoms with Gasteiger partial charge in [0.1, 0.15) is 5.82 Å². The van der Waals surface area contributed by atoms with Crippen molar-refractivity contribution < 1.29 is 9.59 Å². The highest BCUT2D eigenvalue weighted by Gasteiger charge is 2.17. The van der Waals surface area contributed by atoms with Gasteiger partial charge >= 0.3 is 6.03 Å². The zero-order chi connectivity index (χ0) is 21.1. The molecule has 3 rings (SSSR count). The van der Waals surface area contributed by atoms with E-state index in [1.165, 1.54) is 4.90 Å². The Balaban J connectivity index is 1.84. The molecule has 1 aromatic heterocycles. The number of hydrogen-bond donors (Lipinski definition) is 1. The van der Waals surface area contributed by atoms with E-state index in [-0.39, 0.29) is 11.9 Å². The van der Waals surface area contributed by atoms with E-state index in [1.807, 2.05) is 23.6 Å². The minimum Gasteiger partial charge on any atom is -0.345 e. The highest BCUT2D eigenvalue weighted by Crippen LogP contribution is 2.22. The molecule has 0 spiro atoms. The second kappa shape index (κ2) is 8.53. The fourth-order valence-electron chi connectivity index (χ4n) is 3.10. The maximum absolute atomic E-state index is 12.6. The molecule has 2 aromatic carbocycles. The van der Waals surface area contributed by atoms with Crippen molar-refractivity contribution >= 4 is 40.3 Å². The summed E-state index contributed by atoms with van der Waals surface area (Å²) in [5, 5.41) is 3.29. The molecule has 8 heteroatoms. The van der Waals surface area contributed by atoms with Gasteiger partial charge in [0.25, 0.3) is 5.91 Å². The molecule has 0 aliphatic heterocycles. The lowest BCUT2D eigenvalue weighted by molar-refractivity contribution is 0.0827. The monoisotopic (exact) mass is 413 g/mol. The number of para-hydroxylation sites is 1. The van der Waals surface area contributed by atoms with Crippen molar-refractivity contribution in [2.75, 3.05) is 26.5 Å². The van der Waals surface area contributed by atoms with E-state index in [9.17, 15) is 9.59 Å². The van der Waals surface area contributed by atoms with Crippen molar-refractivity contribution in [1.82, 2.24) is 19.4 Å². The number of imidazole rings is 1. The first-order chi connectivity index (χ1) is 13.8. The molecule has 1 N–H and O–H groups in total. The molecule has 29 heavy (non-hydrogen) atoms. The molecule has 152 valence electrons. The first-order valence-electron chi connectivity index (χ1n) is 9.29. The van der Waals surface area contributed by atoms with Gasteiger partial charge in [-0.3, -0.25) is 4.79 Å². The minimum atomic E-state index is -0.281. The van der Waals surface area contributed by atoms with E-state index in [4.69, 9.17) is 11.6 Å². The van der Waals surface area contributed by atoms with E-state index in [2.05, 4.69) is 10.3 Å². The van der Waals surface area contributed by atoms with Gasteiger partial charge in [0.2, 0.25) is 0 Å². The van der Waals surface area contributed by atoms with Crippen LogP contribution in [-0.4, -0.2) is 52.4 Å². The molecule has 0 atom stereocenters. The Morgan fingerprint density at radius 1 is 1.14 bits per heavy atom. The lowest BCUT2D eigenvalue weighted by atomic mass is 10.2. The number of carbonyl (C=O) groups is 2. The van der Waals surface area contributed by atoms with Crippen LogP contribution < -0.4 is 5.32 Å². The van der Waals surface area contributed by atoms with Gasteiger partial charge in [-0.15, -0.1) is 0 Å². The number of anilines is 1. The third-order valence-corrected chi connectivity index (χ3v) is 4.97. The topological polar surface area (TPSA) is 70.5 Å². The number of hydrogen-bond acceptors (Lipinski definition) is 3. The number of urea groups is 1. The van der Waals surface area contributed by atoms with Gasteiger partial charge in [-0.2, -0.15) is 0 Å². The van der Waals surface area contributed by atoms with E-state index in [0.717, 1.165) is 16.9 Å². The van der Waals surface area contributed by atoms with Crippen LogP contribution in [0.1, 0.15) is 23.1 Å². The van der Waals surface area contributed by atoms with Gasteiger partial charge in [-0.25, -0.2) is 9.78 Å². The summed E-state index contributed by atoms with van der Waals surface area (Å²) in [6, 6.07) is 12.3. The Labute approximate surface area is 174 Å². The second-order valence-electron chi connectivity index (χ2n) is 6.94. The summed E-state index contributed by atoms with van der Waals surface area (Å²) in [4.78, 5) is 32.6. The fourth-order valence-corrected chi connectivity index (χ4v) is 3.28. The zero-order valence-corrected chi connectivity index (χ0v) is 17.7. The number of nitrogens with one attached hydrogen (secondary N) is 1. The molecule has 7 nitrogen and oxygen atoms in total. The molecular formula is C21H24ClN5O2. The molecule has 0 aliphatic carbocycles. The lowest BCUT2D eigenvalue weighted by Crippen LogP contribution is -2.32. The summed E-state index contributed by atoms with van der Waals surface area (Å²) in [6.07, 6.45) is 0. The molecule has 3 amide bonds. The predicted octanol–water partition coefficient (Wildman–Crippen LogP) is 4.08. The highest BCUT2D eigenvalue weighted by molar-refractivity contribution is 6.33. The normalized spacial score (nSPS) is 10.8. The Bertz CT molecular complexity index is 1060. The quantitative estimate of drug-likeness (QED) is 0.685. The molecule has 0 bridgehead atoms. The van der Waals surface area contributed by atoms with Gasteiger partial charge in [0, 0.05) is 33.3 Å².